The van der Waals surface area contributed by atoms with Crippen LogP contribution in [0.2, 0.25) is 0 Å². The Kier molecular flexibility index (Phi) is 4.89. The van der Waals surface area contributed by atoms with Crippen molar-refractivity contribution in [1.82, 2.24) is 9.55 Å². The summed E-state index contributed by atoms with van der Waals surface area (Å²) < 4.78 is 25.3. The van der Waals surface area contributed by atoms with Crippen LogP contribution in [0.25, 0.3) is 0 Å². The van der Waals surface area contributed by atoms with Gasteiger partial charge in [-0.2, -0.15) is 0 Å². The largest absolute Gasteiger partial charge is 0.379 e. The molecule has 8 heteroatoms. The Morgan fingerprint density at radius 1 is 1.24 bits per heavy atom. The first-order valence-electron chi connectivity index (χ1n) is 8.70. The summed E-state index contributed by atoms with van der Waals surface area (Å²) in [4.78, 5) is 25.9. The lowest BCUT2D eigenvalue weighted by Crippen LogP contribution is -2.49. The van der Waals surface area contributed by atoms with Gasteiger partial charge in [0.15, 0.2) is 11.5 Å². The van der Waals surface area contributed by atoms with Crippen molar-refractivity contribution in [2.75, 3.05) is 13.2 Å². The van der Waals surface area contributed by atoms with E-state index in [0.29, 0.717) is 13.2 Å². The van der Waals surface area contributed by atoms with Crippen LogP contribution in [0.5, 0.6) is 0 Å². The van der Waals surface area contributed by atoms with E-state index in [1.54, 1.807) is 6.92 Å². The second kappa shape index (κ2) is 6.68. The fraction of sp³-hybridized carbons (Fsp3) is 0.765. The Morgan fingerprint density at radius 3 is 2.68 bits per heavy atom. The van der Waals surface area contributed by atoms with Gasteiger partial charge in [-0.25, -0.2) is 4.79 Å². The maximum Gasteiger partial charge on any atom is 0.330 e. The minimum absolute atomic E-state index is 0.355. The Bertz CT molecular complexity index is 726. The molecule has 140 valence electrons. The highest BCUT2D eigenvalue weighted by Crippen LogP contribution is 2.45. The molecule has 1 aromatic heterocycles. The van der Waals surface area contributed by atoms with Gasteiger partial charge in [0, 0.05) is 18.9 Å². The molecule has 1 N–H and O–H groups in total. The van der Waals surface area contributed by atoms with Crippen LogP contribution in [0.4, 0.5) is 0 Å². The summed E-state index contributed by atoms with van der Waals surface area (Å²) in [5, 5.41) is 0. The summed E-state index contributed by atoms with van der Waals surface area (Å²) in [6.07, 6.45) is 2.22. The van der Waals surface area contributed by atoms with Crippen LogP contribution >= 0.6 is 0 Å². The molecule has 4 atom stereocenters. The third kappa shape index (κ3) is 3.44. The van der Waals surface area contributed by atoms with Crippen molar-refractivity contribution in [3.8, 4) is 0 Å². The van der Waals surface area contributed by atoms with Gasteiger partial charge in [0.2, 0.25) is 0 Å². The van der Waals surface area contributed by atoms with Gasteiger partial charge in [0.05, 0.1) is 6.61 Å². The van der Waals surface area contributed by atoms with Gasteiger partial charge in [-0.15, -0.1) is 0 Å². The normalized spacial score (nSPS) is 33.5. The molecule has 25 heavy (non-hydrogen) atoms. The predicted octanol–water partition coefficient (Wildman–Crippen LogP) is 0.945. The van der Waals surface area contributed by atoms with Crippen molar-refractivity contribution < 1.29 is 18.9 Å². The molecule has 0 bridgehead atoms. The first-order chi connectivity index (χ1) is 11.8. The van der Waals surface area contributed by atoms with Crippen molar-refractivity contribution >= 4 is 0 Å². The summed E-state index contributed by atoms with van der Waals surface area (Å²) in [5.41, 5.74) is -2.10. The second-order valence-corrected chi connectivity index (χ2v) is 7.14. The topological polar surface area (TPSA) is 91.8 Å². The number of unbranched alkanes of at least 4 members (excludes halogenated alkanes) is 1. The Hall–Kier alpha value is -1.48. The maximum absolute atomic E-state index is 12.3. The molecule has 0 spiro atoms. The number of rotatable bonds is 6. The van der Waals surface area contributed by atoms with E-state index in [0.717, 1.165) is 12.8 Å². The molecule has 3 rings (SSSR count). The SMILES string of the molecule is CCCCOC[C@H]1O[C@@](C)(n2ccc(=O)[nH]c2=O)[C@@H]2OC(C)(C)O[C@@H]21. The van der Waals surface area contributed by atoms with Crippen LogP contribution in [-0.4, -0.2) is 46.9 Å². The van der Waals surface area contributed by atoms with Crippen LogP contribution in [0, 0.1) is 0 Å². The molecule has 1 aromatic rings. The highest BCUT2D eigenvalue weighted by atomic mass is 16.8. The smallest absolute Gasteiger partial charge is 0.330 e. The lowest BCUT2D eigenvalue weighted by atomic mass is 10.0. The highest BCUT2D eigenvalue weighted by Gasteiger charge is 2.62. The standard InChI is InChI=1S/C17H26N2O6/c1-5-6-9-22-10-11-13-14(25-16(2,3)24-13)17(4,23-11)19-8-7-12(20)18-15(19)21/h7-8,11,13-14H,5-6,9-10H2,1-4H3,(H,18,20,21)/t11-,13-,14-,17-/m1/s1. The molecule has 2 saturated heterocycles. The molecular weight excluding hydrogens is 328 g/mol. The van der Waals surface area contributed by atoms with Gasteiger partial charge in [-0.3, -0.25) is 14.3 Å². The van der Waals surface area contributed by atoms with E-state index in [9.17, 15) is 9.59 Å². The number of fused-ring (bicyclic) bond motifs is 1. The molecule has 0 radical (unpaired) electrons. The number of aromatic nitrogens is 2. The zero-order chi connectivity index (χ0) is 18.2. The van der Waals surface area contributed by atoms with Crippen LogP contribution in [0.3, 0.4) is 0 Å². The van der Waals surface area contributed by atoms with Crippen molar-refractivity contribution in [2.45, 2.75) is 70.4 Å². The fourth-order valence-corrected chi connectivity index (χ4v) is 3.45. The van der Waals surface area contributed by atoms with Gasteiger partial charge in [-0.05, 0) is 27.2 Å². The number of nitrogens with one attached hydrogen (secondary N) is 1. The van der Waals surface area contributed by atoms with Gasteiger partial charge in [0.25, 0.3) is 5.56 Å². The summed E-state index contributed by atoms with van der Waals surface area (Å²) >= 11 is 0. The van der Waals surface area contributed by atoms with Crippen molar-refractivity contribution in [2.24, 2.45) is 0 Å². The molecule has 0 saturated carbocycles. The third-order valence-corrected chi connectivity index (χ3v) is 4.64. The van der Waals surface area contributed by atoms with Gasteiger partial charge in [0.1, 0.15) is 18.3 Å². The number of H-pyrrole nitrogens is 1. The Labute approximate surface area is 146 Å². The van der Waals surface area contributed by atoms with E-state index < -0.39 is 28.9 Å². The lowest BCUT2D eigenvalue weighted by Gasteiger charge is -2.32. The predicted molar refractivity (Wildman–Crippen MR) is 89.4 cm³/mol. The molecule has 8 nitrogen and oxygen atoms in total. The van der Waals surface area contributed by atoms with Crippen LogP contribution < -0.4 is 11.2 Å². The quantitative estimate of drug-likeness (QED) is 0.765. The molecule has 3 heterocycles. The molecule has 2 aliphatic rings. The van der Waals surface area contributed by atoms with Crippen molar-refractivity contribution in [3.63, 3.8) is 0 Å². The number of hydrogen-bond donors (Lipinski definition) is 1. The average molecular weight is 354 g/mol. The van der Waals surface area contributed by atoms with E-state index in [1.165, 1.54) is 16.8 Å². The molecule has 0 unspecified atom stereocenters. The minimum atomic E-state index is -1.10. The molecule has 0 aromatic carbocycles. The van der Waals surface area contributed by atoms with Gasteiger partial charge < -0.3 is 18.9 Å². The summed E-state index contributed by atoms with van der Waals surface area (Å²) in [5.74, 6) is -0.784. The number of nitrogens with zero attached hydrogens (tertiary/aromatic N) is 1. The monoisotopic (exact) mass is 354 g/mol. The first-order valence-corrected chi connectivity index (χ1v) is 8.70. The van der Waals surface area contributed by atoms with Gasteiger partial charge >= 0.3 is 5.69 Å². The van der Waals surface area contributed by atoms with E-state index in [-0.39, 0.29) is 12.2 Å². The van der Waals surface area contributed by atoms with E-state index in [2.05, 4.69) is 11.9 Å². The zero-order valence-electron chi connectivity index (χ0n) is 15.1. The average Bonchev–Trinajstić information content (AvgIpc) is 2.97. The third-order valence-electron chi connectivity index (χ3n) is 4.64. The summed E-state index contributed by atoms with van der Waals surface area (Å²) in [6.45, 7) is 8.52. The van der Waals surface area contributed by atoms with Crippen LogP contribution in [0.15, 0.2) is 21.9 Å². The van der Waals surface area contributed by atoms with Crippen LogP contribution in [-0.2, 0) is 24.7 Å². The van der Waals surface area contributed by atoms with E-state index in [1.807, 2.05) is 13.8 Å². The first kappa shape index (κ1) is 18.3. The summed E-state index contributed by atoms with van der Waals surface area (Å²) in [7, 11) is 0. The second-order valence-electron chi connectivity index (χ2n) is 7.14. The molecular formula is C17H26N2O6. The highest BCUT2D eigenvalue weighted by molar-refractivity contribution is 5.04. The minimum Gasteiger partial charge on any atom is -0.379 e. The van der Waals surface area contributed by atoms with Gasteiger partial charge in [-0.1, -0.05) is 13.3 Å². The number of ether oxygens (including phenoxy) is 4. The maximum atomic E-state index is 12.3. The van der Waals surface area contributed by atoms with Crippen LogP contribution in [0.1, 0.15) is 40.5 Å². The fourth-order valence-electron chi connectivity index (χ4n) is 3.45. The van der Waals surface area contributed by atoms with Crippen molar-refractivity contribution in [3.05, 3.63) is 33.1 Å². The summed E-state index contributed by atoms with van der Waals surface area (Å²) in [6, 6.07) is 1.29. The number of hydrogen-bond acceptors (Lipinski definition) is 6. The molecule has 0 amide bonds. The molecule has 2 fully saturated rings. The lowest BCUT2D eigenvalue weighted by molar-refractivity contribution is -0.231. The number of aromatic amines is 1. The van der Waals surface area contributed by atoms with E-state index >= 15 is 0 Å². The van der Waals surface area contributed by atoms with E-state index in [4.69, 9.17) is 18.9 Å². The zero-order valence-corrected chi connectivity index (χ0v) is 15.1. The Morgan fingerprint density at radius 2 is 2.00 bits per heavy atom. The van der Waals surface area contributed by atoms with Crippen molar-refractivity contribution in [1.29, 1.82) is 0 Å². The molecule has 0 aliphatic carbocycles. The molecule has 2 aliphatic heterocycles. The Balaban J connectivity index is 1.88.